The van der Waals surface area contributed by atoms with Crippen molar-refractivity contribution in [2.24, 2.45) is 0 Å². The molecule has 1 N–H and O–H groups in total. The summed E-state index contributed by atoms with van der Waals surface area (Å²) in [7, 11) is 0. The van der Waals surface area contributed by atoms with Crippen LogP contribution in [0.2, 0.25) is 5.02 Å². The summed E-state index contributed by atoms with van der Waals surface area (Å²) in [5.74, 6) is -0.718. The minimum atomic E-state index is -0.569. The number of benzene rings is 2. The third kappa shape index (κ3) is 4.58. The Bertz CT molecular complexity index is 897. The van der Waals surface area contributed by atoms with Crippen molar-refractivity contribution in [3.8, 4) is 0 Å². The molecule has 0 unspecified atom stereocenters. The molecule has 1 aliphatic heterocycles. The number of rotatable bonds is 5. The zero-order chi connectivity index (χ0) is 20.1. The van der Waals surface area contributed by atoms with Crippen LogP contribution in [-0.4, -0.2) is 54.4 Å². The lowest BCUT2D eigenvalue weighted by atomic mass is 10.2. The van der Waals surface area contributed by atoms with E-state index in [1.165, 1.54) is 24.3 Å². The molecule has 0 saturated carbocycles. The first-order valence-electron chi connectivity index (χ1n) is 8.75. The summed E-state index contributed by atoms with van der Waals surface area (Å²) in [5, 5.41) is 14.0. The van der Waals surface area contributed by atoms with Gasteiger partial charge in [-0.05, 0) is 18.2 Å². The standard InChI is InChI=1S/C19H19ClN4O4/c20-16-6-1-2-7-17(16)22-8-10-23(11-9-22)18(25)13-21-19(26)14-4-3-5-15(12-14)24(27)28/h1-7,12H,8-11,13H2,(H,21,26). The fraction of sp³-hybridized carbons (Fsp3) is 0.263. The molecule has 0 spiro atoms. The molecule has 3 rings (SSSR count). The second-order valence-corrected chi connectivity index (χ2v) is 6.72. The smallest absolute Gasteiger partial charge is 0.270 e. The Balaban J connectivity index is 1.51. The van der Waals surface area contributed by atoms with Crippen LogP contribution < -0.4 is 10.2 Å². The van der Waals surface area contributed by atoms with Crippen LogP contribution in [0.4, 0.5) is 11.4 Å². The van der Waals surface area contributed by atoms with Crippen molar-refractivity contribution < 1.29 is 14.5 Å². The van der Waals surface area contributed by atoms with E-state index in [1.54, 1.807) is 4.90 Å². The van der Waals surface area contributed by atoms with Crippen LogP contribution in [0.1, 0.15) is 10.4 Å². The van der Waals surface area contributed by atoms with Crippen molar-refractivity contribution in [3.05, 3.63) is 69.2 Å². The third-order valence-electron chi connectivity index (χ3n) is 4.54. The molecule has 146 valence electrons. The number of nitrogens with one attached hydrogen (secondary N) is 1. The van der Waals surface area contributed by atoms with Gasteiger partial charge in [-0.15, -0.1) is 0 Å². The van der Waals surface area contributed by atoms with Crippen molar-refractivity contribution in [1.29, 1.82) is 0 Å². The van der Waals surface area contributed by atoms with Crippen LogP contribution in [0.25, 0.3) is 0 Å². The largest absolute Gasteiger partial charge is 0.367 e. The van der Waals surface area contributed by atoms with Crippen molar-refractivity contribution in [2.75, 3.05) is 37.6 Å². The number of hydrogen-bond donors (Lipinski definition) is 1. The number of hydrogen-bond acceptors (Lipinski definition) is 5. The fourth-order valence-electron chi connectivity index (χ4n) is 3.04. The number of amides is 2. The van der Waals surface area contributed by atoms with Gasteiger partial charge >= 0.3 is 0 Å². The van der Waals surface area contributed by atoms with Crippen LogP contribution in [0, 0.1) is 10.1 Å². The van der Waals surface area contributed by atoms with Crippen molar-refractivity contribution in [3.63, 3.8) is 0 Å². The molecular weight excluding hydrogens is 384 g/mol. The Hall–Kier alpha value is -3.13. The Morgan fingerprint density at radius 2 is 1.79 bits per heavy atom. The van der Waals surface area contributed by atoms with E-state index in [9.17, 15) is 19.7 Å². The number of non-ortho nitro benzene ring substituents is 1. The van der Waals surface area contributed by atoms with Crippen molar-refractivity contribution >= 4 is 34.8 Å². The highest BCUT2D eigenvalue weighted by atomic mass is 35.5. The number of nitrogens with zero attached hydrogens (tertiary/aromatic N) is 3. The lowest BCUT2D eigenvalue weighted by Crippen LogP contribution is -2.51. The summed E-state index contributed by atoms with van der Waals surface area (Å²) in [6.07, 6.45) is 0. The SMILES string of the molecule is O=C(NCC(=O)N1CCN(c2ccccc2Cl)CC1)c1cccc([N+](=O)[O-])c1. The van der Waals surface area contributed by atoms with Crippen LogP contribution in [0.5, 0.6) is 0 Å². The average molecular weight is 403 g/mol. The van der Waals surface area contributed by atoms with E-state index in [1.807, 2.05) is 24.3 Å². The normalized spacial score (nSPS) is 13.9. The predicted molar refractivity (Wildman–Crippen MR) is 106 cm³/mol. The van der Waals surface area contributed by atoms with Gasteiger partial charge in [0.05, 0.1) is 22.2 Å². The summed E-state index contributed by atoms with van der Waals surface area (Å²) in [6.45, 7) is 2.18. The molecule has 0 bridgehead atoms. The summed E-state index contributed by atoms with van der Waals surface area (Å²) in [6, 6.07) is 13.0. The number of nitro benzene ring substituents is 1. The molecule has 1 heterocycles. The molecule has 0 radical (unpaired) electrons. The maximum atomic E-state index is 12.4. The summed E-state index contributed by atoms with van der Waals surface area (Å²) >= 11 is 6.22. The number of para-hydroxylation sites is 1. The molecule has 2 aromatic carbocycles. The van der Waals surface area contributed by atoms with E-state index in [-0.39, 0.29) is 23.7 Å². The van der Waals surface area contributed by atoms with Crippen LogP contribution in [-0.2, 0) is 4.79 Å². The molecule has 0 atom stereocenters. The number of carbonyl (C=O) groups is 2. The van der Waals surface area contributed by atoms with Gasteiger partial charge in [0.1, 0.15) is 0 Å². The summed E-state index contributed by atoms with van der Waals surface area (Å²) < 4.78 is 0. The molecule has 9 heteroatoms. The van der Waals surface area contributed by atoms with Gasteiger partial charge < -0.3 is 15.1 Å². The minimum absolute atomic E-state index is 0.144. The molecule has 1 fully saturated rings. The monoisotopic (exact) mass is 402 g/mol. The maximum Gasteiger partial charge on any atom is 0.270 e. The second kappa shape index (κ2) is 8.71. The van der Waals surface area contributed by atoms with E-state index in [0.717, 1.165) is 5.69 Å². The zero-order valence-electron chi connectivity index (χ0n) is 15.0. The van der Waals surface area contributed by atoms with E-state index in [2.05, 4.69) is 10.2 Å². The van der Waals surface area contributed by atoms with E-state index in [4.69, 9.17) is 11.6 Å². The molecule has 1 saturated heterocycles. The molecule has 2 aromatic rings. The molecule has 2 amide bonds. The second-order valence-electron chi connectivity index (χ2n) is 6.31. The first-order valence-corrected chi connectivity index (χ1v) is 9.13. The highest BCUT2D eigenvalue weighted by Gasteiger charge is 2.22. The number of nitro groups is 1. The van der Waals surface area contributed by atoms with Crippen molar-refractivity contribution in [1.82, 2.24) is 10.2 Å². The van der Waals surface area contributed by atoms with E-state index in [0.29, 0.717) is 31.2 Å². The van der Waals surface area contributed by atoms with E-state index < -0.39 is 10.8 Å². The first-order chi connectivity index (χ1) is 13.5. The zero-order valence-corrected chi connectivity index (χ0v) is 15.8. The van der Waals surface area contributed by atoms with Gasteiger partial charge in [-0.2, -0.15) is 0 Å². The van der Waals surface area contributed by atoms with Gasteiger partial charge in [-0.3, -0.25) is 19.7 Å². The Morgan fingerprint density at radius 1 is 1.07 bits per heavy atom. The van der Waals surface area contributed by atoms with Crippen LogP contribution in [0.15, 0.2) is 48.5 Å². The minimum Gasteiger partial charge on any atom is -0.367 e. The van der Waals surface area contributed by atoms with E-state index >= 15 is 0 Å². The number of halogens is 1. The average Bonchev–Trinajstić information content (AvgIpc) is 2.72. The molecular formula is C19H19ClN4O4. The lowest BCUT2D eigenvalue weighted by Gasteiger charge is -2.36. The lowest BCUT2D eigenvalue weighted by molar-refractivity contribution is -0.384. The summed E-state index contributed by atoms with van der Waals surface area (Å²) in [5.41, 5.74) is 0.912. The highest BCUT2D eigenvalue weighted by molar-refractivity contribution is 6.33. The van der Waals surface area contributed by atoms with Gasteiger partial charge in [0.25, 0.3) is 11.6 Å². The quantitative estimate of drug-likeness (QED) is 0.611. The molecule has 0 aliphatic carbocycles. The molecule has 1 aliphatic rings. The Labute approximate surface area is 166 Å². The fourth-order valence-corrected chi connectivity index (χ4v) is 3.29. The third-order valence-corrected chi connectivity index (χ3v) is 4.86. The Kier molecular flexibility index (Phi) is 6.10. The predicted octanol–water partition coefficient (Wildman–Crippen LogP) is 2.33. The van der Waals surface area contributed by atoms with Gasteiger partial charge in [-0.25, -0.2) is 0 Å². The number of anilines is 1. The highest BCUT2D eigenvalue weighted by Crippen LogP contribution is 2.26. The van der Waals surface area contributed by atoms with Gasteiger partial charge in [-0.1, -0.05) is 29.8 Å². The van der Waals surface area contributed by atoms with Gasteiger partial charge in [0.2, 0.25) is 5.91 Å². The maximum absolute atomic E-state index is 12.4. The first kappa shape index (κ1) is 19.6. The Morgan fingerprint density at radius 3 is 2.46 bits per heavy atom. The summed E-state index contributed by atoms with van der Waals surface area (Å²) in [4.78, 5) is 38.6. The topological polar surface area (TPSA) is 95.8 Å². The van der Waals surface area contributed by atoms with Crippen molar-refractivity contribution in [2.45, 2.75) is 0 Å². The number of piperazine rings is 1. The van der Waals surface area contributed by atoms with Gasteiger partial charge in [0, 0.05) is 43.9 Å². The molecule has 8 nitrogen and oxygen atoms in total. The molecule has 0 aromatic heterocycles. The number of carbonyl (C=O) groups excluding carboxylic acids is 2. The molecule has 28 heavy (non-hydrogen) atoms. The van der Waals surface area contributed by atoms with Crippen LogP contribution >= 0.6 is 11.6 Å². The van der Waals surface area contributed by atoms with Crippen LogP contribution in [0.3, 0.4) is 0 Å². The van der Waals surface area contributed by atoms with Gasteiger partial charge in [0.15, 0.2) is 0 Å².